The molecule has 1 rings (SSSR count). The first-order valence-electron chi connectivity index (χ1n) is 4.93. The summed E-state index contributed by atoms with van der Waals surface area (Å²) in [5.41, 5.74) is 1.44. The molecule has 1 heteroatoms. The monoisotopic (exact) mass is 168 g/mol. The van der Waals surface area contributed by atoms with Crippen molar-refractivity contribution in [3.63, 3.8) is 0 Å². The van der Waals surface area contributed by atoms with Gasteiger partial charge >= 0.3 is 0 Å². The molecular weight excluding hydrogens is 148 g/mol. The molecule has 0 aliphatic carbocycles. The standard InChI is InChI=1S/C11H20O/c1-9(2)5-4-6-10(3)7-11-8-12-11/h5,10-11H,4,6-8H2,1-3H3/t10-,11?/m0/s1. The number of hydrogen-bond donors (Lipinski definition) is 0. The van der Waals surface area contributed by atoms with E-state index in [4.69, 9.17) is 4.74 Å². The Morgan fingerprint density at radius 1 is 1.58 bits per heavy atom. The second-order valence-electron chi connectivity index (χ2n) is 4.16. The van der Waals surface area contributed by atoms with Crippen LogP contribution in [0, 0.1) is 5.92 Å². The minimum atomic E-state index is 0.603. The third-order valence-electron chi connectivity index (χ3n) is 2.28. The Morgan fingerprint density at radius 2 is 2.25 bits per heavy atom. The van der Waals surface area contributed by atoms with Crippen molar-refractivity contribution in [1.82, 2.24) is 0 Å². The smallest absolute Gasteiger partial charge is 0.0812 e. The molecule has 0 N–H and O–H groups in total. The second-order valence-corrected chi connectivity index (χ2v) is 4.16. The van der Waals surface area contributed by atoms with Gasteiger partial charge in [-0.25, -0.2) is 0 Å². The van der Waals surface area contributed by atoms with Crippen molar-refractivity contribution in [3.8, 4) is 0 Å². The fourth-order valence-corrected chi connectivity index (χ4v) is 1.43. The van der Waals surface area contributed by atoms with Gasteiger partial charge < -0.3 is 4.74 Å². The molecule has 70 valence electrons. The zero-order valence-electron chi connectivity index (χ0n) is 8.47. The fourth-order valence-electron chi connectivity index (χ4n) is 1.43. The average Bonchev–Trinajstić information content (AvgIpc) is 2.70. The Kier molecular flexibility index (Phi) is 3.80. The number of hydrogen-bond acceptors (Lipinski definition) is 1. The summed E-state index contributed by atoms with van der Waals surface area (Å²) in [6.45, 7) is 7.65. The van der Waals surface area contributed by atoms with Crippen LogP contribution in [0.2, 0.25) is 0 Å². The van der Waals surface area contributed by atoms with Gasteiger partial charge in [-0.2, -0.15) is 0 Å². The van der Waals surface area contributed by atoms with Crippen molar-refractivity contribution in [2.24, 2.45) is 5.92 Å². The van der Waals surface area contributed by atoms with Crippen LogP contribution in [0.4, 0.5) is 0 Å². The van der Waals surface area contributed by atoms with E-state index >= 15 is 0 Å². The summed E-state index contributed by atoms with van der Waals surface area (Å²) in [7, 11) is 0. The molecule has 0 saturated carbocycles. The molecule has 1 unspecified atom stereocenters. The van der Waals surface area contributed by atoms with E-state index < -0.39 is 0 Å². The third kappa shape index (κ3) is 4.55. The van der Waals surface area contributed by atoms with Gasteiger partial charge in [0.15, 0.2) is 0 Å². The molecule has 1 fully saturated rings. The Balaban J connectivity index is 2.00. The van der Waals surface area contributed by atoms with Gasteiger partial charge in [0.05, 0.1) is 12.7 Å². The number of rotatable bonds is 5. The molecule has 0 aromatic rings. The van der Waals surface area contributed by atoms with Crippen molar-refractivity contribution in [1.29, 1.82) is 0 Å². The van der Waals surface area contributed by atoms with E-state index in [2.05, 4.69) is 26.8 Å². The molecule has 12 heavy (non-hydrogen) atoms. The van der Waals surface area contributed by atoms with Crippen molar-refractivity contribution in [2.45, 2.75) is 46.1 Å². The maximum Gasteiger partial charge on any atom is 0.0812 e. The predicted molar refractivity (Wildman–Crippen MR) is 52.2 cm³/mol. The highest BCUT2D eigenvalue weighted by Crippen LogP contribution is 2.22. The molecule has 1 heterocycles. The first-order chi connectivity index (χ1) is 5.68. The molecular formula is C11H20O. The molecule has 1 aliphatic heterocycles. The Bertz CT molecular complexity index is 152. The van der Waals surface area contributed by atoms with Gasteiger partial charge in [-0.3, -0.25) is 0 Å². The van der Waals surface area contributed by atoms with Crippen LogP contribution in [-0.4, -0.2) is 12.7 Å². The molecule has 0 aromatic heterocycles. The van der Waals surface area contributed by atoms with E-state index in [-0.39, 0.29) is 0 Å². The highest BCUT2D eigenvalue weighted by molar-refractivity contribution is 4.92. The van der Waals surface area contributed by atoms with Crippen LogP contribution < -0.4 is 0 Å². The molecule has 0 amide bonds. The highest BCUT2D eigenvalue weighted by Gasteiger charge is 2.24. The van der Waals surface area contributed by atoms with Crippen molar-refractivity contribution < 1.29 is 4.74 Å². The summed E-state index contributed by atoms with van der Waals surface area (Å²) in [5, 5.41) is 0. The van der Waals surface area contributed by atoms with Gasteiger partial charge in [0.2, 0.25) is 0 Å². The van der Waals surface area contributed by atoms with Crippen LogP contribution in [0.25, 0.3) is 0 Å². The lowest BCUT2D eigenvalue weighted by atomic mass is 9.99. The van der Waals surface area contributed by atoms with Crippen LogP contribution in [0.15, 0.2) is 11.6 Å². The van der Waals surface area contributed by atoms with Crippen LogP contribution in [0.3, 0.4) is 0 Å². The molecule has 1 nitrogen and oxygen atoms in total. The summed E-state index contributed by atoms with van der Waals surface area (Å²) in [6, 6.07) is 0. The summed E-state index contributed by atoms with van der Waals surface area (Å²) >= 11 is 0. The van der Waals surface area contributed by atoms with Crippen molar-refractivity contribution in [2.75, 3.05) is 6.61 Å². The average molecular weight is 168 g/mol. The van der Waals surface area contributed by atoms with Gasteiger partial charge in [0, 0.05) is 0 Å². The first kappa shape index (κ1) is 9.79. The van der Waals surface area contributed by atoms with Crippen LogP contribution in [0.5, 0.6) is 0 Å². The third-order valence-corrected chi connectivity index (χ3v) is 2.28. The lowest BCUT2D eigenvalue weighted by Crippen LogP contribution is -1.98. The number of allylic oxidation sites excluding steroid dienone is 2. The largest absolute Gasteiger partial charge is 0.373 e. The normalized spacial score (nSPS) is 23.4. The topological polar surface area (TPSA) is 12.5 Å². The molecule has 0 aromatic carbocycles. The molecule has 0 bridgehead atoms. The molecule has 0 radical (unpaired) electrons. The van der Waals surface area contributed by atoms with Gasteiger partial charge in [0.1, 0.15) is 0 Å². The lowest BCUT2D eigenvalue weighted by Gasteiger charge is -2.06. The van der Waals surface area contributed by atoms with E-state index in [0.717, 1.165) is 12.5 Å². The zero-order chi connectivity index (χ0) is 8.97. The summed E-state index contributed by atoms with van der Waals surface area (Å²) in [4.78, 5) is 0. The minimum absolute atomic E-state index is 0.603. The molecule has 1 aliphatic rings. The van der Waals surface area contributed by atoms with E-state index in [0.29, 0.717) is 6.10 Å². The zero-order valence-corrected chi connectivity index (χ0v) is 8.47. The van der Waals surface area contributed by atoms with Crippen molar-refractivity contribution in [3.05, 3.63) is 11.6 Å². The van der Waals surface area contributed by atoms with E-state index in [9.17, 15) is 0 Å². The maximum atomic E-state index is 5.19. The summed E-state index contributed by atoms with van der Waals surface area (Å²) in [5.74, 6) is 0.827. The van der Waals surface area contributed by atoms with Gasteiger partial charge in [-0.1, -0.05) is 18.6 Å². The van der Waals surface area contributed by atoms with Gasteiger partial charge in [-0.15, -0.1) is 0 Å². The molecule has 2 atom stereocenters. The lowest BCUT2D eigenvalue weighted by molar-refractivity contribution is 0.354. The Morgan fingerprint density at radius 3 is 2.75 bits per heavy atom. The van der Waals surface area contributed by atoms with E-state index in [1.165, 1.54) is 24.8 Å². The fraction of sp³-hybridized carbons (Fsp3) is 0.818. The predicted octanol–water partition coefficient (Wildman–Crippen LogP) is 3.16. The Hall–Kier alpha value is -0.300. The van der Waals surface area contributed by atoms with Crippen molar-refractivity contribution >= 4 is 0 Å². The number of ether oxygens (including phenoxy) is 1. The van der Waals surface area contributed by atoms with Crippen LogP contribution in [-0.2, 0) is 4.74 Å². The van der Waals surface area contributed by atoms with E-state index in [1.54, 1.807) is 0 Å². The Labute approximate surface area is 75.8 Å². The second kappa shape index (κ2) is 4.66. The molecule has 0 spiro atoms. The SMILES string of the molecule is CC(C)=CCC[C@H](C)CC1CO1. The highest BCUT2D eigenvalue weighted by atomic mass is 16.6. The first-order valence-corrected chi connectivity index (χ1v) is 4.93. The maximum absolute atomic E-state index is 5.19. The summed E-state index contributed by atoms with van der Waals surface area (Å²) in [6.07, 6.45) is 6.73. The minimum Gasteiger partial charge on any atom is -0.373 e. The van der Waals surface area contributed by atoms with Crippen LogP contribution in [0.1, 0.15) is 40.0 Å². The quantitative estimate of drug-likeness (QED) is 0.454. The van der Waals surface area contributed by atoms with E-state index in [1.807, 2.05) is 0 Å². The van der Waals surface area contributed by atoms with Gasteiger partial charge in [0.25, 0.3) is 0 Å². The molecule has 1 saturated heterocycles. The van der Waals surface area contributed by atoms with Crippen LogP contribution >= 0.6 is 0 Å². The summed E-state index contributed by atoms with van der Waals surface area (Å²) < 4.78 is 5.19. The van der Waals surface area contributed by atoms with Gasteiger partial charge in [-0.05, 0) is 39.0 Å². The number of epoxide rings is 1.